The van der Waals surface area contributed by atoms with Crippen LogP contribution in [0.2, 0.25) is 0 Å². The third kappa shape index (κ3) is 3.99. The number of halogens is 1. The summed E-state index contributed by atoms with van der Waals surface area (Å²) in [5.41, 5.74) is -0.0891. The number of nitro groups is 1. The lowest BCUT2D eigenvalue weighted by Gasteiger charge is -2.06. The number of anilines is 1. The number of amides is 1. The quantitative estimate of drug-likeness (QED) is 0.631. The Balaban J connectivity index is 2.60. The second-order valence-electron chi connectivity index (χ2n) is 3.13. The summed E-state index contributed by atoms with van der Waals surface area (Å²) in [4.78, 5) is 24.8. The fraction of sp³-hybridized carbons (Fsp3) is 0.333. The number of rotatable bonds is 5. The molecule has 1 rings (SSSR count). The highest BCUT2D eigenvalue weighted by atomic mass is 79.9. The summed E-state index contributed by atoms with van der Waals surface area (Å²) < 4.78 is 0.489. The van der Waals surface area contributed by atoms with E-state index in [1.807, 2.05) is 0 Å². The molecule has 1 aromatic rings. The molecule has 0 unspecified atom stereocenters. The lowest BCUT2D eigenvalue weighted by atomic mass is 10.3. The van der Waals surface area contributed by atoms with Crippen molar-refractivity contribution in [3.8, 4) is 0 Å². The molecule has 1 heterocycles. The highest BCUT2D eigenvalue weighted by Crippen LogP contribution is 2.24. The monoisotopic (exact) mass is 302 g/mol. The van der Waals surface area contributed by atoms with Crippen LogP contribution in [-0.4, -0.2) is 29.4 Å². The molecule has 0 bridgehead atoms. The Kier molecular flexibility index (Phi) is 4.83. The van der Waals surface area contributed by atoms with Crippen molar-refractivity contribution in [1.29, 1.82) is 0 Å². The number of carbonyl (C=O) groups excluding carboxylic acids is 1. The number of hydrogen-bond acceptors (Lipinski definition) is 5. The van der Waals surface area contributed by atoms with Gasteiger partial charge in [0.25, 0.3) is 5.69 Å². The maximum absolute atomic E-state index is 11.0. The zero-order valence-electron chi connectivity index (χ0n) is 9.07. The Morgan fingerprint density at radius 3 is 2.88 bits per heavy atom. The lowest BCUT2D eigenvalue weighted by Crippen LogP contribution is -2.21. The molecule has 0 aliphatic heterocycles. The molecule has 1 aromatic heterocycles. The predicted molar refractivity (Wildman–Crippen MR) is 65.8 cm³/mol. The Hall–Kier alpha value is -1.70. The number of nitrogens with one attached hydrogen (secondary N) is 2. The molecular formula is C9H11BrN4O3. The Morgan fingerprint density at radius 1 is 1.65 bits per heavy atom. The highest BCUT2D eigenvalue weighted by Gasteiger charge is 2.10. The summed E-state index contributed by atoms with van der Waals surface area (Å²) in [6.07, 6.45) is 1.47. The van der Waals surface area contributed by atoms with Crippen LogP contribution in [0, 0.1) is 10.1 Å². The van der Waals surface area contributed by atoms with Gasteiger partial charge in [0.1, 0.15) is 12.0 Å². The summed E-state index contributed by atoms with van der Waals surface area (Å²) >= 11 is 3.17. The van der Waals surface area contributed by atoms with Crippen LogP contribution < -0.4 is 10.6 Å². The minimum atomic E-state index is -0.522. The third-order valence-corrected chi connectivity index (χ3v) is 2.57. The minimum Gasteiger partial charge on any atom is -0.369 e. The lowest BCUT2D eigenvalue weighted by molar-refractivity contribution is -0.385. The largest absolute Gasteiger partial charge is 0.369 e. The number of pyridine rings is 1. The summed E-state index contributed by atoms with van der Waals surface area (Å²) in [7, 11) is 1.56. The van der Waals surface area contributed by atoms with Gasteiger partial charge in [-0.15, -0.1) is 0 Å². The number of hydrogen-bond donors (Lipinski definition) is 2. The number of carbonyl (C=O) groups is 1. The predicted octanol–water partition coefficient (Wildman–Crippen LogP) is 1.30. The molecule has 7 nitrogen and oxygen atoms in total. The molecule has 0 aliphatic rings. The zero-order chi connectivity index (χ0) is 12.8. The molecule has 1 amide bonds. The third-order valence-electron chi connectivity index (χ3n) is 1.96. The molecule has 0 saturated carbocycles. The highest BCUT2D eigenvalue weighted by molar-refractivity contribution is 9.10. The van der Waals surface area contributed by atoms with Crippen molar-refractivity contribution >= 4 is 33.3 Å². The molecule has 0 spiro atoms. The summed E-state index contributed by atoms with van der Waals surface area (Å²) in [5.74, 6) is 0.384. The molecule has 92 valence electrons. The summed E-state index contributed by atoms with van der Waals surface area (Å²) in [6, 6.07) is 1.36. The molecule has 0 radical (unpaired) electrons. The van der Waals surface area contributed by atoms with Gasteiger partial charge in [-0.05, 0) is 15.9 Å². The Bertz CT molecular complexity index is 438. The Labute approximate surface area is 106 Å². The van der Waals surface area contributed by atoms with Crippen LogP contribution in [0.15, 0.2) is 16.7 Å². The van der Waals surface area contributed by atoms with E-state index in [0.29, 0.717) is 23.3 Å². The molecule has 0 saturated heterocycles. The van der Waals surface area contributed by atoms with Crippen molar-refractivity contribution in [2.75, 3.05) is 18.9 Å². The van der Waals surface area contributed by atoms with Gasteiger partial charge in [0.15, 0.2) is 0 Å². The van der Waals surface area contributed by atoms with Gasteiger partial charge in [0.05, 0.1) is 9.40 Å². The van der Waals surface area contributed by atoms with Gasteiger partial charge in [-0.3, -0.25) is 14.9 Å². The van der Waals surface area contributed by atoms with E-state index >= 15 is 0 Å². The SMILES string of the molecule is CNC(=O)CCNc1ncc([N+](=O)[O-])cc1Br. The fourth-order valence-corrected chi connectivity index (χ4v) is 1.55. The molecule has 0 aromatic carbocycles. The van der Waals surface area contributed by atoms with Gasteiger partial charge >= 0.3 is 0 Å². The first kappa shape index (κ1) is 13.4. The van der Waals surface area contributed by atoms with Crippen LogP contribution in [0.25, 0.3) is 0 Å². The van der Waals surface area contributed by atoms with Gasteiger partial charge in [-0.2, -0.15) is 0 Å². The van der Waals surface area contributed by atoms with E-state index in [0.717, 1.165) is 6.20 Å². The van der Waals surface area contributed by atoms with Crippen LogP contribution in [0.5, 0.6) is 0 Å². The van der Waals surface area contributed by atoms with Crippen LogP contribution in [0.1, 0.15) is 6.42 Å². The smallest absolute Gasteiger partial charge is 0.288 e. The first-order chi connectivity index (χ1) is 8.04. The fourth-order valence-electron chi connectivity index (χ4n) is 1.08. The van der Waals surface area contributed by atoms with Gasteiger partial charge in [-0.1, -0.05) is 0 Å². The van der Waals surface area contributed by atoms with Crippen molar-refractivity contribution in [3.63, 3.8) is 0 Å². The normalized spacial score (nSPS) is 9.76. The first-order valence-corrected chi connectivity index (χ1v) is 5.58. The van der Waals surface area contributed by atoms with Crippen LogP contribution in [-0.2, 0) is 4.79 Å². The second kappa shape index (κ2) is 6.14. The number of aromatic nitrogens is 1. The van der Waals surface area contributed by atoms with Gasteiger partial charge < -0.3 is 10.6 Å². The van der Waals surface area contributed by atoms with E-state index in [1.54, 1.807) is 7.05 Å². The van der Waals surface area contributed by atoms with Gasteiger partial charge in [0.2, 0.25) is 5.91 Å². The van der Waals surface area contributed by atoms with E-state index in [4.69, 9.17) is 0 Å². The standard InChI is InChI=1S/C9H11BrN4O3/c1-11-8(15)2-3-12-9-7(10)4-6(5-13-9)14(16)17/h4-5H,2-3H2,1H3,(H,11,15)(H,12,13). The molecular weight excluding hydrogens is 292 g/mol. The molecule has 8 heteroatoms. The van der Waals surface area contributed by atoms with Crippen molar-refractivity contribution in [3.05, 3.63) is 26.9 Å². The van der Waals surface area contributed by atoms with E-state index < -0.39 is 4.92 Å². The molecule has 2 N–H and O–H groups in total. The average molecular weight is 303 g/mol. The molecule has 0 aliphatic carbocycles. The van der Waals surface area contributed by atoms with Crippen molar-refractivity contribution in [1.82, 2.24) is 10.3 Å². The second-order valence-corrected chi connectivity index (χ2v) is 3.99. The minimum absolute atomic E-state index is 0.0875. The van der Waals surface area contributed by atoms with Gasteiger partial charge in [-0.25, -0.2) is 4.98 Å². The maximum atomic E-state index is 11.0. The van der Waals surface area contributed by atoms with E-state index in [1.165, 1.54) is 6.07 Å². The van der Waals surface area contributed by atoms with Crippen molar-refractivity contribution in [2.24, 2.45) is 0 Å². The molecule has 0 atom stereocenters. The van der Waals surface area contributed by atoms with Crippen molar-refractivity contribution < 1.29 is 9.72 Å². The first-order valence-electron chi connectivity index (χ1n) is 4.79. The topological polar surface area (TPSA) is 97.2 Å². The van der Waals surface area contributed by atoms with Gasteiger partial charge in [0, 0.05) is 26.1 Å². The maximum Gasteiger partial charge on any atom is 0.288 e. The molecule has 17 heavy (non-hydrogen) atoms. The van der Waals surface area contributed by atoms with Crippen LogP contribution in [0.4, 0.5) is 11.5 Å². The summed E-state index contributed by atoms with van der Waals surface area (Å²) in [6.45, 7) is 0.406. The molecule has 0 fully saturated rings. The van der Waals surface area contributed by atoms with E-state index in [9.17, 15) is 14.9 Å². The Morgan fingerprint density at radius 2 is 2.35 bits per heavy atom. The summed E-state index contributed by atoms with van der Waals surface area (Å²) in [5, 5.41) is 15.9. The van der Waals surface area contributed by atoms with Crippen LogP contribution in [0.3, 0.4) is 0 Å². The average Bonchev–Trinajstić information content (AvgIpc) is 2.30. The van der Waals surface area contributed by atoms with Crippen molar-refractivity contribution in [2.45, 2.75) is 6.42 Å². The van der Waals surface area contributed by atoms with E-state index in [2.05, 4.69) is 31.5 Å². The number of nitrogens with zero attached hydrogens (tertiary/aromatic N) is 2. The van der Waals surface area contributed by atoms with E-state index in [-0.39, 0.29) is 11.6 Å². The van der Waals surface area contributed by atoms with Crippen LogP contribution >= 0.6 is 15.9 Å². The zero-order valence-corrected chi connectivity index (χ0v) is 10.7.